The summed E-state index contributed by atoms with van der Waals surface area (Å²) >= 11 is 2.94. The molecule has 3 heterocycles. The lowest BCUT2D eigenvalue weighted by Gasteiger charge is -2.16. The Balaban J connectivity index is 2.08. The summed E-state index contributed by atoms with van der Waals surface area (Å²) in [7, 11) is 0. The highest BCUT2D eigenvalue weighted by Gasteiger charge is 2.24. The zero-order chi connectivity index (χ0) is 18.3. The van der Waals surface area contributed by atoms with Crippen LogP contribution in [0.2, 0.25) is 0 Å². The van der Waals surface area contributed by atoms with Gasteiger partial charge in [-0.1, -0.05) is 36.4 Å². The van der Waals surface area contributed by atoms with E-state index in [-0.39, 0.29) is 5.56 Å². The SMILES string of the molecule is CC(C(=O)O)n1c(-c2ccccc2)nc2scc(-c3cccs3)c2c1=O. The van der Waals surface area contributed by atoms with E-state index in [0.717, 1.165) is 10.4 Å². The van der Waals surface area contributed by atoms with E-state index in [0.29, 0.717) is 21.6 Å². The highest BCUT2D eigenvalue weighted by atomic mass is 32.1. The average molecular weight is 382 g/mol. The monoisotopic (exact) mass is 382 g/mol. The molecule has 0 radical (unpaired) electrons. The fraction of sp³-hybridized carbons (Fsp3) is 0.105. The van der Waals surface area contributed by atoms with Crippen LogP contribution in [0.4, 0.5) is 0 Å². The number of benzene rings is 1. The van der Waals surface area contributed by atoms with Crippen molar-refractivity contribution in [2.75, 3.05) is 0 Å². The predicted octanol–water partition coefficient (Wildman–Crippen LogP) is 4.50. The molecule has 26 heavy (non-hydrogen) atoms. The number of carbonyl (C=O) groups is 1. The molecule has 0 fully saturated rings. The Morgan fingerprint density at radius 2 is 1.92 bits per heavy atom. The summed E-state index contributed by atoms with van der Waals surface area (Å²) in [5, 5.41) is 13.9. The van der Waals surface area contributed by atoms with E-state index in [1.807, 2.05) is 53.2 Å². The molecule has 3 aromatic heterocycles. The zero-order valence-electron chi connectivity index (χ0n) is 13.7. The highest BCUT2D eigenvalue weighted by Crippen LogP contribution is 2.35. The molecule has 1 N–H and O–H groups in total. The molecule has 130 valence electrons. The number of thiophene rings is 2. The number of carboxylic acids is 1. The molecule has 0 spiro atoms. The molecular formula is C19H14N2O3S2. The van der Waals surface area contributed by atoms with E-state index in [1.165, 1.54) is 34.2 Å². The number of hydrogen-bond donors (Lipinski definition) is 1. The van der Waals surface area contributed by atoms with Gasteiger partial charge < -0.3 is 5.11 Å². The van der Waals surface area contributed by atoms with Crippen LogP contribution in [0.1, 0.15) is 13.0 Å². The third-order valence-corrected chi connectivity index (χ3v) is 5.98. The van der Waals surface area contributed by atoms with Crippen molar-refractivity contribution < 1.29 is 9.90 Å². The van der Waals surface area contributed by atoms with Crippen LogP contribution in [0.3, 0.4) is 0 Å². The first kappa shape index (κ1) is 16.7. The molecule has 1 aromatic carbocycles. The maximum absolute atomic E-state index is 13.3. The number of carboxylic acid groups (broad SMARTS) is 1. The molecule has 0 amide bonds. The van der Waals surface area contributed by atoms with Crippen molar-refractivity contribution in [2.45, 2.75) is 13.0 Å². The minimum absolute atomic E-state index is 0.326. The molecule has 0 saturated carbocycles. The summed E-state index contributed by atoms with van der Waals surface area (Å²) in [6, 6.07) is 12.0. The van der Waals surface area contributed by atoms with Crippen LogP contribution in [0.5, 0.6) is 0 Å². The van der Waals surface area contributed by atoms with Crippen LogP contribution < -0.4 is 5.56 Å². The molecule has 0 bridgehead atoms. The number of rotatable bonds is 4. The quantitative estimate of drug-likeness (QED) is 0.564. The Hall–Kier alpha value is -2.77. The molecule has 0 saturated heterocycles. The van der Waals surface area contributed by atoms with Crippen LogP contribution in [0.25, 0.3) is 32.0 Å². The van der Waals surface area contributed by atoms with E-state index in [4.69, 9.17) is 0 Å². The lowest BCUT2D eigenvalue weighted by molar-refractivity contribution is -0.140. The van der Waals surface area contributed by atoms with Gasteiger partial charge in [0.25, 0.3) is 5.56 Å². The Bertz CT molecular complexity index is 1140. The smallest absolute Gasteiger partial charge is 0.326 e. The third-order valence-electron chi connectivity index (χ3n) is 4.20. The summed E-state index contributed by atoms with van der Waals surface area (Å²) in [6.07, 6.45) is 0. The Labute approximate surface area is 156 Å². The summed E-state index contributed by atoms with van der Waals surface area (Å²) in [4.78, 5) is 31.2. The van der Waals surface area contributed by atoms with Gasteiger partial charge in [0.05, 0.1) is 5.39 Å². The molecule has 4 rings (SSSR count). The van der Waals surface area contributed by atoms with E-state index < -0.39 is 12.0 Å². The van der Waals surface area contributed by atoms with E-state index >= 15 is 0 Å². The van der Waals surface area contributed by atoms with Crippen molar-refractivity contribution >= 4 is 38.9 Å². The van der Waals surface area contributed by atoms with Crippen LogP contribution in [0, 0.1) is 0 Å². The number of aromatic nitrogens is 2. The predicted molar refractivity (Wildman–Crippen MR) is 105 cm³/mol. The van der Waals surface area contributed by atoms with Crippen LogP contribution in [-0.4, -0.2) is 20.6 Å². The molecule has 5 nitrogen and oxygen atoms in total. The van der Waals surface area contributed by atoms with Gasteiger partial charge >= 0.3 is 5.97 Å². The number of hydrogen-bond acceptors (Lipinski definition) is 5. The number of nitrogens with zero attached hydrogens (tertiary/aromatic N) is 2. The first-order valence-electron chi connectivity index (χ1n) is 7.93. The van der Waals surface area contributed by atoms with Gasteiger partial charge in [0.1, 0.15) is 16.7 Å². The second-order valence-electron chi connectivity index (χ2n) is 5.80. The van der Waals surface area contributed by atoms with Crippen molar-refractivity contribution in [2.24, 2.45) is 0 Å². The molecular weight excluding hydrogens is 368 g/mol. The molecule has 1 unspecified atom stereocenters. The van der Waals surface area contributed by atoms with Gasteiger partial charge in [-0.3, -0.25) is 9.36 Å². The van der Waals surface area contributed by atoms with Gasteiger partial charge in [0, 0.05) is 21.4 Å². The van der Waals surface area contributed by atoms with Gasteiger partial charge in [-0.2, -0.15) is 0 Å². The fourth-order valence-electron chi connectivity index (χ4n) is 2.88. The minimum atomic E-state index is -1.07. The van der Waals surface area contributed by atoms with E-state index in [1.54, 1.807) is 0 Å². The van der Waals surface area contributed by atoms with Gasteiger partial charge in [-0.25, -0.2) is 9.78 Å². The maximum Gasteiger partial charge on any atom is 0.326 e. The molecule has 0 aliphatic carbocycles. The molecule has 0 aliphatic rings. The Kier molecular flexibility index (Phi) is 4.18. The van der Waals surface area contributed by atoms with Crippen LogP contribution in [0.15, 0.2) is 58.0 Å². The van der Waals surface area contributed by atoms with Crippen molar-refractivity contribution in [3.8, 4) is 21.8 Å². The van der Waals surface area contributed by atoms with Gasteiger partial charge in [0.2, 0.25) is 0 Å². The van der Waals surface area contributed by atoms with Crippen molar-refractivity contribution in [1.29, 1.82) is 0 Å². The van der Waals surface area contributed by atoms with Crippen molar-refractivity contribution in [3.05, 3.63) is 63.6 Å². The number of fused-ring (bicyclic) bond motifs is 1. The first-order chi connectivity index (χ1) is 12.6. The summed E-state index contributed by atoms with van der Waals surface area (Å²) in [5.41, 5.74) is 1.20. The fourth-order valence-corrected chi connectivity index (χ4v) is 4.63. The van der Waals surface area contributed by atoms with E-state index in [2.05, 4.69) is 4.98 Å². The normalized spacial score (nSPS) is 12.3. The summed E-state index contributed by atoms with van der Waals surface area (Å²) in [5.74, 6) is -0.698. The largest absolute Gasteiger partial charge is 0.480 e. The zero-order valence-corrected chi connectivity index (χ0v) is 15.4. The number of aliphatic carboxylic acids is 1. The van der Waals surface area contributed by atoms with Gasteiger partial charge in [0.15, 0.2) is 0 Å². The second kappa shape index (κ2) is 6.51. The minimum Gasteiger partial charge on any atom is -0.480 e. The second-order valence-corrected chi connectivity index (χ2v) is 7.60. The van der Waals surface area contributed by atoms with Crippen molar-refractivity contribution in [1.82, 2.24) is 9.55 Å². The lowest BCUT2D eigenvalue weighted by Crippen LogP contribution is -2.30. The third kappa shape index (κ3) is 2.65. The standard InChI is InChI=1S/C19H14N2O3S2/c1-11(19(23)24)21-16(12-6-3-2-4-7-12)20-17-15(18(21)22)13(10-26-17)14-8-5-9-25-14/h2-11H,1H3,(H,23,24). The maximum atomic E-state index is 13.3. The first-order valence-corrected chi connectivity index (χ1v) is 9.69. The van der Waals surface area contributed by atoms with Crippen molar-refractivity contribution in [3.63, 3.8) is 0 Å². The molecule has 0 aliphatic heterocycles. The van der Waals surface area contributed by atoms with Gasteiger partial charge in [-0.05, 0) is 18.4 Å². The topological polar surface area (TPSA) is 72.2 Å². The highest BCUT2D eigenvalue weighted by molar-refractivity contribution is 7.18. The molecule has 1 atom stereocenters. The van der Waals surface area contributed by atoms with Gasteiger partial charge in [-0.15, -0.1) is 22.7 Å². The Morgan fingerprint density at radius 3 is 2.58 bits per heavy atom. The van der Waals surface area contributed by atoms with Crippen LogP contribution >= 0.6 is 22.7 Å². The average Bonchev–Trinajstić information content (AvgIpc) is 3.31. The van der Waals surface area contributed by atoms with Crippen LogP contribution in [-0.2, 0) is 4.79 Å². The lowest BCUT2D eigenvalue weighted by atomic mass is 10.1. The summed E-state index contributed by atoms with van der Waals surface area (Å²) < 4.78 is 1.28. The summed E-state index contributed by atoms with van der Waals surface area (Å²) in [6.45, 7) is 1.50. The molecule has 7 heteroatoms. The van der Waals surface area contributed by atoms with E-state index in [9.17, 15) is 14.7 Å². The Morgan fingerprint density at radius 1 is 1.15 bits per heavy atom. The molecule has 4 aromatic rings.